The molecule has 0 aromatic carbocycles. The Bertz CT molecular complexity index is 412. The molecule has 0 bridgehead atoms. The van der Waals surface area contributed by atoms with Crippen molar-refractivity contribution in [3.05, 3.63) is 0 Å². The van der Waals surface area contributed by atoms with Crippen molar-refractivity contribution in [1.29, 1.82) is 0 Å². The number of rotatable bonds is 18. The lowest BCUT2D eigenvalue weighted by atomic mass is 10.0. The van der Waals surface area contributed by atoms with Crippen LogP contribution in [-0.4, -0.2) is 43.3 Å². The Kier molecular flexibility index (Phi) is 17.9. The van der Waals surface area contributed by atoms with Gasteiger partial charge in [0.1, 0.15) is 6.04 Å². The van der Waals surface area contributed by atoms with E-state index in [0.29, 0.717) is 19.6 Å². The Morgan fingerprint density at radius 3 is 1.69 bits per heavy atom. The van der Waals surface area contributed by atoms with Gasteiger partial charge in [-0.25, -0.2) is 9.59 Å². The van der Waals surface area contributed by atoms with Crippen LogP contribution in [0, 0.1) is 5.92 Å². The van der Waals surface area contributed by atoms with Crippen molar-refractivity contribution in [2.45, 2.75) is 117 Å². The molecule has 0 aliphatic carbocycles. The molecule has 0 aliphatic heterocycles. The van der Waals surface area contributed by atoms with Gasteiger partial charge in [-0.1, -0.05) is 91.4 Å². The topological polar surface area (TPSA) is 55.8 Å². The Balaban J connectivity index is 3.86. The molecule has 0 rings (SSSR count). The van der Waals surface area contributed by atoms with Gasteiger partial charge in [-0.15, -0.1) is 0 Å². The number of hydrogen-bond acceptors (Lipinski definition) is 4. The number of unbranched alkanes of at least 4 members (excludes halogenated alkanes) is 11. The van der Waals surface area contributed by atoms with Gasteiger partial charge >= 0.3 is 12.1 Å². The first kappa shape index (κ1) is 27.7. The average Bonchev–Trinajstić information content (AvgIpc) is 2.69. The van der Waals surface area contributed by atoms with Crippen molar-refractivity contribution in [2.24, 2.45) is 5.92 Å². The fourth-order valence-corrected chi connectivity index (χ4v) is 3.42. The first-order chi connectivity index (χ1) is 13.9. The van der Waals surface area contributed by atoms with E-state index in [9.17, 15) is 9.59 Å². The van der Waals surface area contributed by atoms with Crippen LogP contribution >= 0.6 is 0 Å². The van der Waals surface area contributed by atoms with Gasteiger partial charge in [0.15, 0.2) is 0 Å². The normalized spacial score (nSPS) is 12.1. The maximum atomic E-state index is 12.5. The highest BCUT2D eigenvalue weighted by atomic mass is 16.6. The van der Waals surface area contributed by atoms with Gasteiger partial charge < -0.3 is 9.47 Å². The zero-order valence-electron chi connectivity index (χ0n) is 19.8. The summed E-state index contributed by atoms with van der Waals surface area (Å²) in [5.41, 5.74) is 0. The lowest BCUT2D eigenvalue weighted by Gasteiger charge is -2.27. The molecular weight excluding hydrogens is 366 g/mol. The molecule has 0 aromatic heterocycles. The molecule has 1 amide bonds. The summed E-state index contributed by atoms with van der Waals surface area (Å²) in [6.07, 6.45) is 15.4. The van der Waals surface area contributed by atoms with Gasteiger partial charge in [-0.3, -0.25) is 4.90 Å². The molecule has 0 fully saturated rings. The number of carbonyl (C=O) groups is 2. The quantitative estimate of drug-likeness (QED) is 0.184. The zero-order valence-corrected chi connectivity index (χ0v) is 19.8. The number of amides is 1. The molecule has 0 heterocycles. The highest BCUT2D eigenvalue weighted by Crippen LogP contribution is 2.15. The molecule has 0 aliphatic rings. The minimum absolute atomic E-state index is 0.288. The van der Waals surface area contributed by atoms with Crippen LogP contribution < -0.4 is 0 Å². The van der Waals surface area contributed by atoms with E-state index in [1.807, 2.05) is 13.8 Å². The first-order valence-electron chi connectivity index (χ1n) is 12.0. The highest BCUT2D eigenvalue weighted by Gasteiger charge is 2.29. The van der Waals surface area contributed by atoms with E-state index in [4.69, 9.17) is 9.47 Å². The van der Waals surface area contributed by atoms with E-state index in [0.717, 1.165) is 12.8 Å². The van der Waals surface area contributed by atoms with E-state index in [1.54, 1.807) is 14.0 Å². The van der Waals surface area contributed by atoms with E-state index in [1.165, 1.54) is 69.1 Å². The fraction of sp³-hybridized carbons (Fsp3) is 0.917. The molecule has 29 heavy (non-hydrogen) atoms. The van der Waals surface area contributed by atoms with Crippen molar-refractivity contribution >= 4 is 12.1 Å². The number of ether oxygens (including phenoxy) is 2. The molecule has 5 heteroatoms. The second-order valence-electron chi connectivity index (χ2n) is 8.51. The van der Waals surface area contributed by atoms with Gasteiger partial charge in [0, 0.05) is 7.05 Å². The Morgan fingerprint density at radius 2 is 1.24 bits per heavy atom. The summed E-state index contributed by atoms with van der Waals surface area (Å²) < 4.78 is 10.5. The van der Waals surface area contributed by atoms with Crippen molar-refractivity contribution in [3.8, 4) is 0 Å². The number of esters is 1. The van der Waals surface area contributed by atoms with E-state index < -0.39 is 12.1 Å². The van der Waals surface area contributed by atoms with Crippen molar-refractivity contribution in [1.82, 2.24) is 4.90 Å². The minimum atomic E-state index is -0.577. The average molecular weight is 414 g/mol. The van der Waals surface area contributed by atoms with Crippen LogP contribution in [0.3, 0.4) is 0 Å². The third-order valence-corrected chi connectivity index (χ3v) is 5.23. The van der Waals surface area contributed by atoms with E-state index in [2.05, 4.69) is 6.92 Å². The number of nitrogens with zero attached hydrogens (tertiary/aromatic N) is 1. The van der Waals surface area contributed by atoms with Crippen LogP contribution in [0.5, 0.6) is 0 Å². The lowest BCUT2D eigenvalue weighted by molar-refractivity contribution is -0.149. The second-order valence-corrected chi connectivity index (χ2v) is 8.51. The summed E-state index contributed by atoms with van der Waals surface area (Å²) in [6.45, 7) is 8.81. The lowest BCUT2D eigenvalue weighted by Crippen LogP contribution is -2.44. The van der Waals surface area contributed by atoms with Crippen LogP contribution in [-0.2, 0) is 14.3 Å². The van der Waals surface area contributed by atoms with E-state index >= 15 is 0 Å². The fourth-order valence-electron chi connectivity index (χ4n) is 3.42. The first-order valence-corrected chi connectivity index (χ1v) is 12.0. The van der Waals surface area contributed by atoms with Crippen LogP contribution in [0.25, 0.3) is 0 Å². The summed E-state index contributed by atoms with van der Waals surface area (Å²) in [5.74, 6) is -0.0339. The van der Waals surface area contributed by atoms with Gasteiger partial charge in [-0.2, -0.15) is 0 Å². The SMILES string of the molecule is CCCCCCCCCCCCCCOC(=O)C(CC(C)C)N(C)C(=O)OCC. The van der Waals surface area contributed by atoms with E-state index in [-0.39, 0.29) is 11.9 Å². The Hall–Kier alpha value is -1.26. The highest BCUT2D eigenvalue weighted by molar-refractivity contribution is 5.81. The van der Waals surface area contributed by atoms with Gasteiger partial charge in [0.05, 0.1) is 13.2 Å². The third-order valence-electron chi connectivity index (χ3n) is 5.23. The summed E-state index contributed by atoms with van der Waals surface area (Å²) in [6, 6.07) is -0.577. The zero-order chi connectivity index (χ0) is 21.9. The summed E-state index contributed by atoms with van der Waals surface area (Å²) in [7, 11) is 1.61. The van der Waals surface area contributed by atoms with Gasteiger partial charge in [0.25, 0.3) is 0 Å². The minimum Gasteiger partial charge on any atom is -0.464 e. The van der Waals surface area contributed by atoms with Crippen LogP contribution in [0.4, 0.5) is 4.79 Å². The standard InChI is InChI=1S/C24H47NO4/c1-6-8-9-10-11-12-13-14-15-16-17-18-19-29-23(26)22(20-21(3)4)25(5)24(27)28-7-2/h21-22H,6-20H2,1-5H3. The van der Waals surface area contributed by atoms with Crippen molar-refractivity contribution in [3.63, 3.8) is 0 Å². The van der Waals surface area contributed by atoms with Crippen LogP contribution in [0.15, 0.2) is 0 Å². The molecule has 5 nitrogen and oxygen atoms in total. The molecule has 0 N–H and O–H groups in total. The summed E-state index contributed by atoms with van der Waals surface area (Å²) in [5, 5.41) is 0. The molecule has 0 saturated carbocycles. The largest absolute Gasteiger partial charge is 0.464 e. The predicted octanol–water partition coefficient (Wildman–Crippen LogP) is 6.73. The Morgan fingerprint density at radius 1 is 0.759 bits per heavy atom. The maximum absolute atomic E-state index is 12.5. The number of carbonyl (C=O) groups excluding carboxylic acids is 2. The second kappa shape index (κ2) is 18.7. The molecule has 172 valence electrons. The molecule has 0 radical (unpaired) electrons. The van der Waals surface area contributed by atoms with Gasteiger partial charge in [0.2, 0.25) is 0 Å². The van der Waals surface area contributed by atoms with Crippen molar-refractivity contribution < 1.29 is 19.1 Å². The Labute approximate surface area is 179 Å². The van der Waals surface area contributed by atoms with Crippen LogP contribution in [0.2, 0.25) is 0 Å². The predicted molar refractivity (Wildman–Crippen MR) is 120 cm³/mol. The smallest absolute Gasteiger partial charge is 0.410 e. The molecule has 0 spiro atoms. The van der Waals surface area contributed by atoms with Gasteiger partial charge in [-0.05, 0) is 25.7 Å². The molecule has 1 atom stereocenters. The number of hydrogen-bond donors (Lipinski definition) is 0. The molecule has 1 unspecified atom stereocenters. The monoisotopic (exact) mass is 413 g/mol. The maximum Gasteiger partial charge on any atom is 0.410 e. The molecular formula is C24H47NO4. The summed E-state index contributed by atoms with van der Waals surface area (Å²) in [4.78, 5) is 25.8. The van der Waals surface area contributed by atoms with Crippen molar-refractivity contribution in [2.75, 3.05) is 20.3 Å². The summed E-state index contributed by atoms with van der Waals surface area (Å²) >= 11 is 0. The number of likely N-dealkylation sites (N-methyl/N-ethyl adjacent to an activating group) is 1. The molecule has 0 saturated heterocycles. The van der Waals surface area contributed by atoms with Crippen LogP contribution in [0.1, 0.15) is 111 Å². The molecule has 0 aromatic rings. The third kappa shape index (κ3) is 15.3.